The topological polar surface area (TPSA) is 67.2 Å². The molecule has 3 rings (SSSR count). The van der Waals surface area contributed by atoms with Crippen molar-refractivity contribution in [3.8, 4) is 5.69 Å². The molecule has 3 aromatic rings. The summed E-state index contributed by atoms with van der Waals surface area (Å²) in [6.07, 6.45) is 0. The Labute approximate surface area is 206 Å². The van der Waals surface area contributed by atoms with E-state index in [-0.39, 0.29) is 29.8 Å². The number of aryl methyl sites for hydroxylation is 1. The van der Waals surface area contributed by atoms with E-state index >= 15 is 0 Å². The van der Waals surface area contributed by atoms with Gasteiger partial charge in [-0.05, 0) is 69.2 Å². The third-order valence-electron chi connectivity index (χ3n) is 5.84. The Bertz CT molecular complexity index is 1190. The molecule has 0 aliphatic rings. The van der Waals surface area contributed by atoms with Gasteiger partial charge in [-0.3, -0.25) is 9.59 Å². The van der Waals surface area contributed by atoms with Crippen molar-refractivity contribution < 1.29 is 9.59 Å². The second-order valence-corrected chi connectivity index (χ2v) is 10.3. The Morgan fingerprint density at radius 3 is 2.32 bits per heavy atom. The number of hydrogen-bond donors (Lipinski definition) is 1. The Morgan fingerprint density at radius 2 is 1.74 bits per heavy atom. The summed E-state index contributed by atoms with van der Waals surface area (Å²) >= 11 is 5.96. The molecule has 0 spiro atoms. The molecule has 0 saturated heterocycles. The minimum Gasteiger partial charge on any atom is -0.327 e. The fraction of sp³-hybridized carbons (Fsp3) is 0.370. The number of halogens is 1. The van der Waals surface area contributed by atoms with Crippen LogP contribution in [0.2, 0.25) is 5.02 Å². The first-order valence-corrected chi connectivity index (χ1v) is 11.8. The summed E-state index contributed by atoms with van der Waals surface area (Å²) in [7, 11) is 0. The summed E-state index contributed by atoms with van der Waals surface area (Å²) in [5.74, 6) is 0.0643. The molecule has 0 unspecified atom stereocenters. The highest BCUT2D eigenvalue weighted by atomic mass is 35.5. The van der Waals surface area contributed by atoms with E-state index in [1.807, 2.05) is 52.0 Å². The van der Waals surface area contributed by atoms with Crippen LogP contribution >= 0.6 is 11.6 Å². The quantitative estimate of drug-likeness (QED) is 0.475. The van der Waals surface area contributed by atoms with Crippen LogP contribution in [0, 0.1) is 13.8 Å². The van der Waals surface area contributed by atoms with Crippen LogP contribution in [0.5, 0.6) is 0 Å². The maximum absolute atomic E-state index is 13.1. The fourth-order valence-electron chi connectivity index (χ4n) is 3.57. The van der Waals surface area contributed by atoms with Crippen molar-refractivity contribution in [3.63, 3.8) is 0 Å². The zero-order chi connectivity index (χ0) is 25.2. The van der Waals surface area contributed by atoms with Gasteiger partial charge in [-0.25, -0.2) is 4.68 Å². The molecular weight excluding hydrogens is 448 g/mol. The van der Waals surface area contributed by atoms with Gasteiger partial charge < -0.3 is 10.2 Å². The number of nitrogens with zero attached hydrogens (tertiary/aromatic N) is 3. The molecule has 0 saturated carbocycles. The number of anilines is 1. The lowest BCUT2D eigenvalue weighted by atomic mass is 9.92. The normalized spacial score (nSPS) is 11.6. The SMILES string of the molecule is Cc1cccc(-n2nc(C(C)(C)C)cc2NC(=O)CN(C(=O)c2ccc(Cl)cc2)C(C)C)c1C. The molecule has 2 aromatic carbocycles. The van der Waals surface area contributed by atoms with Crippen molar-refractivity contribution in [3.05, 3.63) is 75.9 Å². The van der Waals surface area contributed by atoms with E-state index in [0.717, 1.165) is 22.5 Å². The van der Waals surface area contributed by atoms with Crippen LogP contribution in [-0.2, 0) is 10.2 Å². The molecule has 1 heterocycles. The van der Waals surface area contributed by atoms with Gasteiger partial charge in [0.25, 0.3) is 5.91 Å². The van der Waals surface area contributed by atoms with E-state index in [0.29, 0.717) is 16.4 Å². The van der Waals surface area contributed by atoms with Crippen LogP contribution in [0.4, 0.5) is 5.82 Å². The van der Waals surface area contributed by atoms with Crippen LogP contribution in [0.3, 0.4) is 0 Å². The lowest BCUT2D eigenvalue weighted by Gasteiger charge is -2.26. The Morgan fingerprint density at radius 1 is 1.09 bits per heavy atom. The largest absolute Gasteiger partial charge is 0.327 e. The predicted octanol–water partition coefficient (Wildman–Crippen LogP) is 5.93. The predicted molar refractivity (Wildman–Crippen MR) is 138 cm³/mol. The number of hydrogen-bond acceptors (Lipinski definition) is 3. The average molecular weight is 481 g/mol. The van der Waals surface area contributed by atoms with Gasteiger partial charge in [0.1, 0.15) is 12.4 Å². The lowest BCUT2D eigenvalue weighted by Crippen LogP contribution is -2.42. The van der Waals surface area contributed by atoms with Crippen LogP contribution in [-0.4, -0.2) is 39.1 Å². The van der Waals surface area contributed by atoms with E-state index in [1.165, 1.54) is 0 Å². The van der Waals surface area contributed by atoms with Crippen LogP contribution < -0.4 is 5.32 Å². The van der Waals surface area contributed by atoms with E-state index in [2.05, 4.69) is 26.1 Å². The summed E-state index contributed by atoms with van der Waals surface area (Å²) in [5, 5.41) is 8.37. The summed E-state index contributed by atoms with van der Waals surface area (Å²) in [6.45, 7) is 14.0. The van der Waals surface area contributed by atoms with Gasteiger partial charge in [-0.2, -0.15) is 5.10 Å². The lowest BCUT2D eigenvalue weighted by molar-refractivity contribution is -0.117. The molecule has 0 aliphatic heterocycles. The molecule has 6 nitrogen and oxygen atoms in total. The van der Waals surface area contributed by atoms with Crippen LogP contribution in [0.1, 0.15) is 61.8 Å². The van der Waals surface area contributed by atoms with Crippen molar-refractivity contribution in [1.82, 2.24) is 14.7 Å². The van der Waals surface area contributed by atoms with Crippen molar-refractivity contribution in [2.75, 3.05) is 11.9 Å². The minimum atomic E-state index is -0.289. The number of rotatable bonds is 6. The number of aromatic nitrogens is 2. The second kappa shape index (κ2) is 10.0. The smallest absolute Gasteiger partial charge is 0.254 e. The number of carbonyl (C=O) groups excluding carboxylic acids is 2. The van der Waals surface area contributed by atoms with Crippen LogP contribution in [0.15, 0.2) is 48.5 Å². The number of benzene rings is 2. The van der Waals surface area contributed by atoms with E-state index in [9.17, 15) is 9.59 Å². The summed E-state index contributed by atoms with van der Waals surface area (Å²) in [4.78, 5) is 27.8. The van der Waals surface area contributed by atoms with Crippen LogP contribution in [0.25, 0.3) is 5.69 Å². The molecule has 0 aliphatic carbocycles. The monoisotopic (exact) mass is 480 g/mol. The minimum absolute atomic E-state index is 0.0814. The van der Waals surface area contributed by atoms with E-state index in [4.69, 9.17) is 16.7 Å². The van der Waals surface area contributed by atoms with Crippen molar-refractivity contribution in [2.45, 2.75) is 59.9 Å². The van der Waals surface area contributed by atoms with Gasteiger partial charge in [-0.1, -0.05) is 44.5 Å². The van der Waals surface area contributed by atoms with E-state index < -0.39 is 0 Å². The third-order valence-corrected chi connectivity index (χ3v) is 6.09. The Hall–Kier alpha value is -3.12. The molecule has 180 valence electrons. The molecule has 34 heavy (non-hydrogen) atoms. The second-order valence-electron chi connectivity index (χ2n) is 9.88. The molecule has 0 fully saturated rings. The molecule has 0 atom stereocenters. The number of carbonyl (C=O) groups is 2. The first-order chi connectivity index (χ1) is 15.9. The molecular formula is C27H33ClN4O2. The first kappa shape index (κ1) is 25.5. The van der Waals surface area contributed by atoms with Gasteiger partial charge in [0, 0.05) is 28.1 Å². The molecule has 2 amide bonds. The van der Waals surface area contributed by atoms with Gasteiger partial charge in [0.05, 0.1) is 11.4 Å². The first-order valence-electron chi connectivity index (χ1n) is 11.4. The molecule has 0 radical (unpaired) electrons. The number of nitrogens with one attached hydrogen (secondary N) is 1. The van der Waals surface area contributed by atoms with Gasteiger partial charge in [-0.15, -0.1) is 0 Å². The van der Waals surface area contributed by atoms with Gasteiger partial charge in [0.15, 0.2) is 0 Å². The maximum Gasteiger partial charge on any atom is 0.254 e. The number of amides is 2. The zero-order valence-corrected chi connectivity index (χ0v) is 21.7. The summed E-state index contributed by atoms with van der Waals surface area (Å²) in [5.41, 5.74) is 4.29. The molecule has 0 bridgehead atoms. The third kappa shape index (κ3) is 5.68. The van der Waals surface area contributed by atoms with E-state index in [1.54, 1.807) is 33.8 Å². The zero-order valence-electron chi connectivity index (χ0n) is 20.9. The molecule has 1 aromatic heterocycles. The van der Waals surface area contributed by atoms with Crippen molar-refractivity contribution in [1.29, 1.82) is 0 Å². The van der Waals surface area contributed by atoms with Crippen molar-refractivity contribution in [2.24, 2.45) is 0 Å². The highest BCUT2D eigenvalue weighted by Crippen LogP contribution is 2.28. The standard InChI is InChI=1S/C27H33ClN4O2/c1-17(2)31(26(34)20-11-13-21(28)14-12-20)16-25(33)29-24-15-23(27(5,6)7)30-32(24)22-10-8-9-18(3)19(22)4/h8-15,17H,16H2,1-7H3,(H,29,33). The summed E-state index contributed by atoms with van der Waals surface area (Å²) in [6, 6.07) is 14.4. The maximum atomic E-state index is 13.1. The Balaban J connectivity index is 1.91. The van der Waals surface area contributed by atoms with Crippen molar-refractivity contribution >= 4 is 29.2 Å². The Kier molecular flexibility index (Phi) is 7.51. The fourth-order valence-corrected chi connectivity index (χ4v) is 3.70. The highest BCUT2D eigenvalue weighted by Gasteiger charge is 2.25. The highest BCUT2D eigenvalue weighted by molar-refractivity contribution is 6.30. The van der Waals surface area contributed by atoms with Gasteiger partial charge in [0.2, 0.25) is 5.91 Å². The molecule has 7 heteroatoms. The average Bonchev–Trinajstić information content (AvgIpc) is 3.18. The molecule has 1 N–H and O–H groups in total. The summed E-state index contributed by atoms with van der Waals surface area (Å²) < 4.78 is 1.78. The van der Waals surface area contributed by atoms with Gasteiger partial charge >= 0.3 is 0 Å².